The lowest BCUT2D eigenvalue weighted by Crippen LogP contribution is -2.48. The molecule has 3 heterocycles. The number of nitrogen functional groups attached to an aromatic ring is 1. The second-order valence-electron chi connectivity index (χ2n) is 14.5. The number of fused-ring (bicyclic) bond motifs is 1. The number of carbonyl (C=O) groups is 3. The third-order valence-electron chi connectivity index (χ3n) is 9.53. The van der Waals surface area contributed by atoms with E-state index in [1.54, 1.807) is 38.1 Å². The zero-order valence-electron chi connectivity index (χ0n) is 33.0. The molecular formula is C38H55N6O10P. The summed E-state index contributed by atoms with van der Waals surface area (Å²) in [6.45, 7) is 18.0. The molecule has 302 valence electrons. The molecule has 2 aromatic heterocycles. The molecule has 1 saturated heterocycles. The van der Waals surface area contributed by atoms with E-state index in [2.05, 4.69) is 47.7 Å². The molecule has 1 unspecified atom stereocenters. The van der Waals surface area contributed by atoms with Gasteiger partial charge < -0.3 is 29.2 Å². The lowest BCUT2D eigenvalue weighted by Gasteiger charge is -2.33. The maximum Gasteiger partial charge on any atom is 0.459 e. The van der Waals surface area contributed by atoms with Gasteiger partial charge in [-0.2, -0.15) is 10.2 Å². The van der Waals surface area contributed by atoms with Crippen LogP contribution >= 0.6 is 7.75 Å². The summed E-state index contributed by atoms with van der Waals surface area (Å²) in [7, 11) is -4.46. The largest absolute Gasteiger partial charge is 0.464 e. The highest BCUT2D eigenvalue weighted by molar-refractivity contribution is 7.52. The number of nitrogens with two attached hydrogens (primary N) is 1. The SMILES string of the molecule is C=NC[C@@]1(c2ccc3c(N)ncnn23)O[C@H](COP(=O)(N[C@@H](C)C(=O)OCC(CC)CC)Oc2ccc(C(C)(C)C)cc2)[C@@H](OC(=O)CC)[C@H]1OC(=O)CC. The first-order valence-corrected chi connectivity index (χ1v) is 20.2. The van der Waals surface area contributed by atoms with Gasteiger partial charge >= 0.3 is 25.7 Å². The monoisotopic (exact) mass is 786 g/mol. The number of benzene rings is 1. The van der Waals surface area contributed by atoms with Gasteiger partial charge in [0, 0.05) is 12.8 Å². The number of nitrogens with zero attached hydrogens (tertiary/aromatic N) is 4. The van der Waals surface area contributed by atoms with Crippen LogP contribution in [0.25, 0.3) is 5.52 Å². The summed E-state index contributed by atoms with van der Waals surface area (Å²) in [5.74, 6) is -1.37. The molecular weight excluding hydrogens is 731 g/mol. The van der Waals surface area contributed by atoms with Gasteiger partial charge in [0.15, 0.2) is 23.6 Å². The van der Waals surface area contributed by atoms with Crippen LogP contribution in [0.3, 0.4) is 0 Å². The van der Waals surface area contributed by atoms with Crippen LogP contribution in [0, 0.1) is 5.92 Å². The van der Waals surface area contributed by atoms with Crippen LogP contribution in [0.15, 0.2) is 47.7 Å². The van der Waals surface area contributed by atoms with E-state index in [4.69, 9.17) is 33.7 Å². The molecule has 3 aromatic rings. The number of aliphatic imine (C=N–C) groups is 1. The minimum Gasteiger partial charge on any atom is -0.464 e. The zero-order valence-corrected chi connectivity index (χ0v) is 33.9. The quantitative estimate of drug-likeness (QED) is 0.0647. The number of hydrogen-bond acceptors (Lipinski definition) is 14. The molecule has 0 saturated carbocycles. The molecule has 0 spiro atoms. The Morgan fingerprint density at radius 3 is 2.31 bits per heavy atom. The van der Waals surface area contributed by atoms with E-state index < -0.39 is 62.2 Å². The van der Waals surface area contributed by atoms with Gasteiger partial charge in [-0.3, -0.25) is 23.9 Å². The Morgan fingerprint density at radius 1 is 1.05 bits per heavy atom. The second-order valence-corrected chi connectivity index (χ2v) is 16.2. The zero-order chi connectivity index (χ0) is 40.6. The van der Waals surface area contributed by atoms with E-state index in [1.807, 2.05) is 26.0 Å². The van der Waals surface area contributed by atoms with Gasteiger partial charge in [0.05, 0.1) is 25.5 Å². The van der Waals surface area contributed by atoms with Gasteiger partial charge in [-0.15, -0.1) is 0 Å². The van der Waals surface area contributed by atoms with Crippen molar-refractivity contribution in [1.82, 2.24) is 19.7 Å². The molecule has 0 bridgehead atoms. The molecule has 0 amide bonds. The predicted molar refractivity (Wildman–Crippen MR) is 206 cm³/mol. The highest BCUT2D eigenvalue weighted by Crippen LogP contribution is 2.49. The summed E-state index contributed by atoms with van der Waals surface area (Å²) in [6.07, 6.45) is -1.01. The van der Waals surface area contributed by atoms with Gasteiger partial charge in [0.2, 0.25) is 0 Å². The molecule has 17 heteroatoms. The van der Waals surface area contributed by atoms with Crippen molar-refractivity contribution >= 4 is 43.7 Å². The summed E-state index contributed by atoms with van der Waals surface area (Å²) in [4.78, 5) is 47.3. The van der Waals surface area contributed by atoms with Gasteiger partial charge in [-0.1, -0.05) is 73.4 Å². The summed E-state index contributed by atoms with van der Waals surface area (Å²) in [6, 6.07) is 9.17. The molecule has 16 nitrogen and oxygen atoms in total. The lowest BCUT2D eigenvalue weighted by molar-refractivity contribution is -0.171. The first-order chi connectivity index (χ1) is 26.0. The van der Waals surface area contributed by atoms with Crippen molar-refractivity contribution in [3.8, 4) is 5.75 Å². The third kappa shape index (κ3) is 10.3. The first-order valence-electron chi connectivity index (χ1n) is 18.6. The topological polar surface area (TPSA) is 204 Å². The highest BCUT2D eigenvalue weighted by Gasteiger charge is 2.62. The normalized spacial score (nSPS) is 21.5. The van der Waals surface area contributed by atoms with Crippen molar-refractivity contribution in [3.05, 3.63) is 54.0 Å². The van der Waals surface area contributed by atoms with E-state index in [9.17, 15) is 18.9 Å². The molecule has 4 rings (SSSR count). The van der Waals surface area contributed by atoms with Crippen molar-refractivity contribution in [3.63, 3.8) is 0 Å². The maximum atomic E-state index is 14.7. The standard InChI is InChI=1S/C38H55N6O10P/c1-10-25(11-2)20-49-36(47)24(5)43-55(48,54-27-16-14-26(15-17-27)37(6,7)8)50-21-29-33(51-31(45)12-3)34(52-32(46)13-4)38(53-29,22-40-9)30-19-18-28-35(39)41-23-42-44(28)30/h14-19,23-25,29,33-34H,9-13,20-22H2,1-8H3,(H,43,48)(H2,39,41,42)/t24-,29+,33+,34+,38-,55?/m0/s1. The lowest BCUT2D eigenvalue weighted by atomic mass is 9.87. The maximum absolute atomic E-state index is 14.7. The molecule has 0 radical (unpaired) electrons. The number of esters is 3. The Kier molecular flexibility index (Phi) is 14.6. The van der Waals surface area contributed by atoms with Gasteiger partial charge in [0.1, 0.15) is 29.7 Å². The average molecular weight is 787 g/mol. The van der Waals surface area contributed by atoms with E-state index >= 15 is 0 Å². The highest BCUT2D eigenvalue weighted by atomic mass is 31.2. The molecule has 1 aliphatic heterocycles. The van der Waals surface area contributed by atoms with Crippen molar-refractivity contribution in [1.29, 1.82) is 0 Å². The van der Waals surface area contributed by atoms with Crippen molar-refractivity contribution < 1.29 is 46.9 Å². The van der Waals surface area contributed by atoms with Crippen LogP contribution < -0.4 is 15.3 Å². The van der Waals surface area contributed by atoms with Crippen molar-refractivity contribution in [2.75, 3.05) is 25.5 Å². The number of anilines is 1. The minimum absolute atomic E-state index is 0.0139. The van der Waals surface area contributed by atoms with E-state index in [0.29, 0.717) is 11.2 Å². The molecule has 1 aromatic carbocycles. The molecule has 0 aliphatic carbocycles. The number of ether oxygens (including phenoxy) is 4. The molecule has 3 N–H and O–H groups in total. The van der Waals surface area contributed by atoms with Crippen LogP contribution in [-0.2, 0) is 53.4 Å². The summed E-state index contributed by atoms with van der Waals surface area (Å²) < 4.78 is 52.5. The predicted octanol–water partition coefficient (Wildman–Crippen LogP) is 5.71. The van der Waals surface area contributed by atoms with Crippen LogP contribution in [0.5, 0.6) is 5.75 Å². The fraction of sp³-hybridized carbons (Fsp3) is 0.579. The molecule has 55 heavy (non-hydrogen) atoms. The summed E-state index contributed by atoms with van der Waals surface area (Å²) in [5.41, 5.74) is 6.09. The smallest absolute Gasteiger partial charge is 0.459 e. The fourth-order valence-corrected chi connectivity index (χ4v) is 7.66. The van der Waals surface area contributed by atoms with Crippen molar-refractivity contribution in [2.45, 2.75) is 116 Å². The summed E-state index contributed by atoms with van der Waals surface area (Å²) >= 11 is 0. The molecule has 1 fully saturated rings. The Morgan fingerprint density at radius 2 is 1.71 bits per heavy atom. The van der Waals surface area contributed by atoms with E-state index in [0.717, 1.165) is 18.4 Å². The Labute approximate surface area is 322 Å². The fourth-order valence-electron chi connectivity index (χ4n) is 6.16. The number of hydrogen-bond donors (Lipinski definition) is 2. The van der Waals surface area contributed by atoms with Gasteiger partial charge in [-0.05, 0) is 54.8 Å². The van der Waals surface area contributed by atoms with Gasteiger partial charge in [-0.25, -0.2) is 14.1 Å². The Hall–Kier alpha value is -4.37. The van der Waals surface area contributed by atoms with Crippen LogP contribution in [0.2, 0.25) is 0 Å². The van der Waals surface area contributed by atoms with E-state index in [1.165, 1.54) is 17.8 Å². The number of nitrogens with one attached hydrogen (secondary N) is 1. The molecule has 6 atom stereocenters. The van der Waals surface area contributed by atoms with Crippen molar-refractivity contribution in [2.24, 2.45) is 10.9 Å². The number of carbonyl (C=O) groups excluding carboxylic acids is 3. The number of rotatable bonds is 19. The Balaban J connectivity index is 1.76. The van der Waals surface area contributed by atoms with Crippen LogP contribution in [0.1, 0.15) is 92.3 Å². The minimum atomic E-state index is -4.46. The van der Waals surface area contributed by atoms with Crippen LogP contribution in [0.4, 0.5) is 5.82 Å². The van der Waals surface area contributed by atoms with E-state index in [-0.39, 0.29) is 48.9 Å². The third-order valence-corrected chi connectivity index (χ3v) is 11.2. The average Bonchev–Trinajstić information content (AvgIpc) is 3.71. The summed E-state index contributed by atoms with van der Waals surface area (Å²) in [5, 5.41) is 7.08. The van der Waals surface area contributed by atoms with Crippen LogP contribution in [-0.4, -0.2) is 83.3 Å². The first kappa shape index (κ1) is 43.4. The number of aromatic nitrogens is 3. The second kappa shape index (κ2) is 18.5. The molecule has 1 aliphatic rings. The van der Waals surface area contributed by atoms with Gasteiger partial charge in [0.25, 0.3) is 0 Å². The Bertz CT molecular complexity index is 1840.